The van der Waals surface area contributed by atoms with E-state index in [4.69, 9.17) is 11.6 Å². The van der Waals surface area contributed by atoms with E-state index in [0.29, 0.717) is 24.6 Å². The molecule has 8 heteroatoms. The third kappa shape index (κ3) is 3.02. The van der Waals surface area contributed by atoms with Crippen LogP contribution in [0.5, 0.6) is 0 Å². The molecule has 1 aliphatic heterocycles. The van der Waals surface area contributed by atoms with Gasteiger partial charge in [-0.25, -0.2) is 9.97 Å². The Morgan fingerprint density at radius 3 is 2.47 bits per heavy atom. The van der Waals surface area contributed by atoms with E-state index in [-0.39, 0.29) is 18.0 Å². The molecule has 106 valence electrons. The van der Waals surface area contributed by atoms with E-state index in [2.05, 4.69) is 15.3 Å². The first-order valence-electron chi connectivity index (χ1n) is 5.93. The summed E-state index contributed by atoms with van der Waals surface area (Å²) < 4.78 is 37.8. The first kappa shape index (κ1) is 14.2. The normalized spacial score (nSPS) is 17.6. The quantitative estimate of drug-likeness (QED) is 0.852. The number of alkyl halides is 3. The second-order valence-corrected chi connectivity index (χ2v) is 4.77. The Bertz CT molecular complexity index is 444. The van der Waals surface area contributed by atoms with Crippen LogP contribution in [0.4, 0.5) is 24.7 Å². The topological polar surface area (TPSA) is 41.1 Å². The number of piperidine rings is 1. The largest absolute Gasteiger partial charge is 0.391 e. The fraction of sp³-hybridized carbons (Fsp3) is 0.636. The van der Waals surface area contributed by atoms with Gasteiger partial charge < -0.3 is 10.2 Å². The van der Waals surface area contributed by atoms with Gasteiger partial charge in [0.05, 0.1) is 5.92 Å². The molecule has 2 rings (SSSR count). The molecule has 0 saturated carbocycles. The van der Waals surface area contributed by atoms with Gasteiger partial charge in [0.2, 0.25) is 0 Å². The summed E-state index contributed by atoms with van der Waals surface area (Å²) in [6, 6.07) is 0. The van der Waals surface area contributed by atoms with E-state index >= 15 is 0 Å². The monoisotopic (exact) mass is 294 g/mol. The molecule has 1 N–H and O–H groups in total. The maximum absolute atomic E-state index is 12.6. The lowest BCUT2D eigenvalue weighted by Crippen LogP contribution is -2.39. The maximum Gasteiger partial charge on any atom is 0.391 e. The molecule has 0 spiro atoms. The number of rotatable bonds is 2. The average molecular weight is 295 g/mol. The van der Waals surface area contributed by atoms with Gasteiger partial charge in [-0.1, -0.05) is 11.6 Å². The Morgan fingerprint density at radius 1 is 1.32 bits per heavy atom. The number of nitrogens with one attached hydrogen (secondary N) is 1. The Labute approximate surface area is 114 Å². The molecule has 19 heavy (non-hydrogen) atoms. The van der Waals surface area contributed by atoms with Gasteiger partial charge in [-0.05, 0) is 12.8 Å². The second kappa shape index (κ2) is 5.40. The van der Waals surface area contributed by atoms with Crippen LogP contribution in [0.25, 0.3) is 0 Å². The van der Waals surface area contributed by atoms with Crippen molar-refractivity contribution in [2.24, 2.45) is 5.92 Å². The SMILES string of the molecule is CNc1c(Cl)ncnc1N1CCC(C(F)(F)F)CC1. The molecule has 0 unspecified atom stereocenters. The zero-order chi connectivity index (χ0) is 14.0. The lowest BCUT2D eigenvalue weighted by Gasteiger charge is -2.34. The summed E-state index contributed by atoms with van der Waals surface area (Å²) in [4.78, 5) is 9.76. The molecule has 1 aromatic rings. The summed E-state index contributed by atoms with van der Waals surface area (Å²) in [6.07, 6.45) is -2.64. The van der Waals surface area contributed by atoms with Gasteiger partial charge in [-0.3, -0.25) is 0 Å². The summed E-state index contributed by atoms with van der Waals surface area (Å²) in [5.41, 5.74) is 0.551. The molecular weight excluding hydrogens is 281 g/mol. The Morgan fingerprint density at radius 2 is 1.95 bits per heavy atom. The number of aromatic nitrogens is 2. The molecule has 1 aromatic heterocycles. The summed E-state index contributed by atoms with van der Waals surface area (Å²) >= 11 is 5.93. The van der Waals surface area contributed by atoms with Gasteiger partial charge in [0.25, 0.3) is 0 Å². The van der Waals surface area contributed by atoms with Crippen molar-refractivity contribution in [1.82, 2.24) is 9.97 Å². The van der Waals surface area contributed by atoms with E-state index in [0.717, 1.165) is 0 Å². The van der Waals surface area contributed by atoms with Crippen LogP contribution in [0.15, 0.2) is 6.33 Å². The molecule has 0 bridgehead atoms. The molecule has 0 atom stereocenters. The fourth-order valence-corrected chi connectivity index (χ4v) is 2.45. The smallest absolute Gasteiger partial charge is 0.383 e. The minimum Gasteiger partial charge on any atom is -0.383 e. The third-order valence-corrected chi connectivity index (χ3v) is 3.57. The molecule has 0 aliphatic carbocycles. The van der Waals surface area contributed by atoms with E-state index in [1.807, 2.05) is 4.90 Å². The highest BCUT2D eigenvalue weighted by molar-refractivity contribution is 6.32. The molecular formula is C11H14ClF3N4. The highest BCUT2D eigenvalue weighted by Crippen LogP contribution is 2.37. The van der Waals surface area contributed by atoms with E-state index in [1.54, 1.807) is 7.05 Å². The molecule has 0 radical (unpaired) electrons. The van der Waals surface area contributed by atoms with Crippen LogP contribution in [0.2, 0.25) is 5.15 Å². The molecule has 4 nitrogen and oxygen atoms in total. The molecule has 0 aromatic carbocycles. The Hall–Kier alpha value is -1.24. The van der Waals surface area contributed by atoms with Crippen molar-refractivity contribution in [3.63, 3.8) is 0 Å². The number of hydrogen-bond donors (Lipinski definition) is 1. The van der Waals surface area contributed by atoms with Gasteiger partial charge in [0.1, 0.15) is 12.0 Å². The van der Waals surface area contributed by atoms with Crippen LogP contribution in [-0.2, 0) is 0 Å². The van der Waals surface area contributed by atoms with Crippen molar-refractivity contribution in [3.8, 4) is 0 Å². The van der Waals surface area contributed by atoms with Crippen molar-refractivity contribution in [2.75, 3.05) is 30.4 Å². The number of hydrogen-bond acceptors (Lipinski definition) is 4. The van der Waals surface area contributed by atoms with E-state index < -0.39 is 12.1 Å². The molecule has 1 aliphatic rings. The number of anilines is 2. The third-order valence-electron chi connectivity index (χ3n) is 3.29. The first-order chi connectivity index (χ1) is 8.93. The lowest BCUT2D eigenvalue weighted by atomic mass is 9.96. The predicted octanol–water partition coefficient (Wildman–Crippen LogP) is 2.95. The zero-order valence-corrected chi connectivity index (χ0v) is 11.1. The Balaban J connectivity index is 2.12. The van der Waals surface area contributed by atoms with Gasteiger partial charge >= 0.3 is 6.18 Å². The van der Waals surface area contributed by atoms with Crippen molar-refractivity contribution >= 4 is 23.1 Å². The van der Waals surface area contributed by atoms with Crippen LogP contribution in [0, 0.1) is 5.92 Å². The van der Waals surface area contributed by atoms with Crippen LogP contribution in [0.1, 0.15) is 12.8 Å². The molecule has 0 amide bonds. The highest BCUT2D eigenvalue weighted by atomic mass is 35.5. The number of nitrogens with zero attached hydrogens (tertiary/aromatic N) is 3. The summed E-state index contributed by atoms with van der Waals surface area (Å²) in [7, 11) is 1.68. The molecule has 1 saturated heterocycles. The van der Waals surface area contributed by atoms with Crippen LogP contribution in [0.3, 0.4) is 0 Å². The summed E-state index contributed by atoms with van der Waals surface area (Å²) in [5.74, 6) is -0.665. The maximum atomic E-state index is 12.6. The molecule has 2 heterocycles. The summed E-state index contributed by atoms with van der Waals surface area (Å²) in [6.45, 7) is 0.623. The minimum atomic E-state index is -4.11. The fourth-order valence-electron chi connectivity index (χ4n) is 2.23. The van der Waals surface area contributed by atoms with E-state index in [1.165, 1.54) is 6.33 Å². The van der Waals surface area contributed by atoms with Crippen LogP contribution >= 0.6 is 11.6 Å². The number of halogens is 4. The van der Waals surface area contributed by atoms with Gasteiger partial charge in [-0.15, -0.1) is 0 Å². The lowest BCUT2D eigenvalue weighted by molar-refractivity contribution is -0.179. The highest BCUT2D eigenvalue weighted by Gasteiger charge is 2.41. The first-order valence-corrected chi connectivity index (χ1v) is 6.31. The van der Waals surface area contributed by atoms with Gasteiger partial charge in [0.15, 0.2) is 11.0 Å². The average Bonchev–Trinajstić information content (AvgIpc) is 2.37. The zero-order valence-electron chi connectivity index (χ0n) is 10.3. The minimum absolute atomic E-state index is 0.0777. The van der Waals surface area contributed by atoms with Crippen LogP contribution < -0.4 is 10.2 Å². The Kier molecular flexibility index (Phi) is 4.03. The second-order valence-electron chi connectivity index (χ2n) is 4.42. The van der Waals surface area contributed by atoms with Crippen molar-refractivity contribution < 1.29 is 13.2 Å². The van der Waals surface area contributed by atoms with Crippen molar-refractivity contribution in [2.45, 2.75) is 19.0 Å². The predicted molar refractivity (Wildman–Crippen MR) is 67.6 cm³/mol. The summed E-state index contributed by atoms with van der Waals surface area (Å²) in [5, 5.41) is 3.15. The van der Waals surface area contributed by atoms with Gasteiger partial charge in [0, 0.05) is 20.1 Å². The van der Waals surface area contributed by atoms with E-state index in [9.17, 15) is 13.2 Å². The van der Waals surface area contributed by atoms with Crippen molar-refractivity contribution in [3.05, 3.63) is 11.5 Å². The van der Waals surface area contributed by atoms with Crippen LogP contribution in [-0.4, -0.2) is 36.3 Å². The standard InChI is InChI=1S/C11H14ClF3N4/c1-16-8-9(12)17-6-18-10(8)19-4-2-7(3-5-19)11(13,14)15/h6-7,16H,2-5H2,1H3. The van der Waals surface area contributed by atoms with Crippen molar-refractivity contribution in [1.29, 1.82) is 0 Å². The van der Waals surface area contributed by atoms with Gasteiger partial charge in [-0.2, -0.15) is 13.2 Å². The molecule has 1 fully saturated rings.